The summed E-state index contributed by atoms with van der Waals surface area (Å²) in [7, 11) is 3.62. The molecule has 2 atom stereocenters. The van der Waals surface area contributed by atoms with Crippen LogP contribution in [0.3, 0.4) is 0 Å². The summed E-state index contributed by atoms with van der Waals surface area (Å²) in [6.07, 6.45) is -4.41. The Hall–Kier alpha value is -4.06. The molecule has 0 fully saturated rings. The Morgan fingerprint density at radius 2 is 1.67 bits per heavy atom. The number of carbonyl (C=O) groups excluding carboxylic acids is 1. The minimum Gasteiger partial charge on any atom is -0.481 e. The number of hydrogen-bond donors (Lipinski definition) is 2. The monoisotopic (exact) mass is 635 g/mol. The highest BCUT2D eigenvalue weighted by Crippen LogP contribution is 2.40. The topological polar surface area (TPSA) is 91.6 Å². The first-order chi connectivity index (χ1) is 20.9. The molecule has 0 spiro atoms. The average molecular weight is 636 g/mol. The number of rotatable bonds is 12. The molecule has 0 radical (unpaired) electrons. The van der Waals surface area contributed by atoms with Crippen molar-refractivity contribution in [2.24, 2.45) is 5.92 Å². The Labute approximate surface area is 258 Å². The molecule has 1 amide bonds. The van der Waals surface area contributed by atoms with Gasteiger partial charge in [-0.3, -0.25) is 14.4 Å². The number of nitrogens with one attached hydrogen (secondary N) is 1. The SMILES string of the molecule is Cc1cccc(C)c1-c1cc(C(CC(=O)O)NC(=O)C(CC(C)C)n2cc(CCN(C)C)cc(F)c2=O)c(F)c(C(F)(F)F)c1. The quantitative estimate of drug-likeness (QED) is 0.223. The van der Waals surface area contributed by atoms with E-state index < -0.39 is 64.9 Å². The van der Waals surface area contributed by atoms with E-state index in [1.807, 2.05) is 19.0 Å². The number of aromatic nitrogens is 1. The van der Waals surface area contributed by atoms with Crippen LogP contribution in [0.15, 0.2) is 47.4 Å². The van der Waals surface area contributed by atoms with Gasteiger partial charge in [-0.05, 0) is 92.7 Å². The predicted octanol–water partition coefficient (Wildman–Crippen LogP) is 6.45. The number of carboxylic acid groups (broad SMARTS) is 1. The highest BCUT2D eigenvalue weighted by atomic mass is 19.4. The Balaban J connectivity index is 2.19. The van der Waals surface area contributed by atoms with Gasteiger partial charge in [-0.1, -0.05) is 32.0 Å². The zero-order valence-corrected chi connectivity index (χ0v) is 26.1. The van der Waals surface area contributed by atoms with Crippen LogP contribution in [-0.4, -0.2) is 47.1 Å². The molecule has 0 aliphatic rings. The summed E-state index contributed by atoms with van der Waals surface area (Å²) in [6.45, 7) is 7.35. The lowest BCUT2D eigenvalue weighted by Gasteiger charge is -2.27. The maximum absolute atomic E-state index is 15.7. The molecule has 0 saturated heterocycles. The number of likely N-dealkylation sites (N-methyl/N-ethyl adjacent to an activating group) is 1. The van der Waals surface area contributed by atoms with Crippen molar-refractivity contribution in [2.75, 3.05) is 20.6 Å². The maximum atomic E-state index is 15.7. The van der Waals surface area contributed by atoms with Gasteiger partial charge >= 0.3 is 12.1 Å². The number of amides is 1. The summed E-state index contributed by atoms with van der Waals surface area (Å²) in [5.41, 5.74) is -1.37. The summed E-state index contributed by atoms with van der Waals surface area (Å²) >= 11 is 0. The summed E-state index contributed by atoms with van der Waals surface area (Å²) in [4.78, 5) is 40.5. The van der Waals surface area contributed by atoms with Crippen LogP contribution >= 0.6 is 0 Å². The third-order valence-corrected chi connectivity index (χ3v) is 7.48. The number of hydrogen-bond acceptors (Lipinski definition) is 4. The fraction of sp³-hybridized carbons (Fsp3) is 0.424. The average Bonchev–Trinajstić information content (AvgIpc) is 2.91. The smallest absolute Gasteiger partial charge is 0.419 e. The largest absolute Gasteiger partial charge is 0.481 e. The van der Waals surface area contributed by atoms with Gasteiger partial charge in [0, 0.05) is 18.3 Å². The van der Waals surface area contributed by atoms with E-state index in [9.17, 15) is 37.1 Å². The van der Waals surface area contributed by atoms with Crippen molar-refractivity contribution in [3.63, 3.8) is 0 Å². The molecule has 3 rings (SSSR count). The zero-order chi connectivity index (χ0) is 33.8. The second-order valence-corrected chi connectivity index (χ2v) is 12.0. The molecule has 0 aliphatic heterocycles. The van der Waals surface area contributed by atoms with E-state index in [0.29, 0.717) is 41.3 Å². The van der Waals surface area contributed by atoms with Crippen LogP contribution in [0.1, 0.15) is 66.6 Å². The summed E-state index contributed by atoms with van der Waals surface area (Å²) < 4.78 is 73.8. The number of pyridine rings is 1. The first-order valence-corrected chi connectivity index (χ1v) is 14.4. The van der Waals surface area contributed by atoms with E-state index in [1.165, 1.54) is 6.20 Å². The summed E-state index contributed by atoms with van der Waals surface area (Å²) in [5.74, 6) is -5.53. The molecule has 0 aliphatic carbocycles. The van der Waals surface area contributed by atoms with Crippen molar-refractivity contribution in [3.8, 4) is 11.1 Å². The van der Waals surface area contributed by atoms with Gasteiger partial charge in [-0.25, -0.2) is 8.78 Å². The van der Waals surface area contributed by atoms with E-state index in [0.717, 1.165) is 16.7 Å². The highest BCUT2D eigenvalue weighted by Gasteiger charge is 2.38. The van der Waals surface area contributed by atoms with Crippen LogP contribution in [0, 0.1) is 31.4 Å². The molecular formula is C33H38F5N3O4. The fourth-order valence-electron chi connectivity index (χ4n) is 5.34. The third kappa shape index (κ3) is 8.78. The Kier molecular flexibility index (Phi) is 11.3. The van der Waals surface area contributed by atoms with Crippen molar-refractivity contribution in [1.82, 2.24) is 14.8 Å². The van der Waals surface area contributed by atoms with Crippen LogP contribution < -0.4 is 10.9 Å². The van der Waals surface area contributed by atoms with E-state index in [2.05, 4.69) is 5.32 Å². The zero-order valence-electron chi connectivity index (χ0n) is 26.1. The second kappa shape index (κ2) is 14.4. The number of aryl methyl sites for hydroxylation is 2. The van der Waals surface area contributed by atoms with Gasteiger partial charge in [0.2, 0.25) is 5.91 Å². The highest BCUT2D eigenvalue weighted by molar-refractivity contribution is 5.82. The number of benzene rings is 2. The Morgan fingerprint density at radius 1 is 1.04 bits per heavy atom. The number of carboxylic acids is 1. The Bertz CT molecular complexity index is 1590. The van der Waals surface area contributed by atoms with Gasteiger partial charge in [0.15, 0.2) is 5.82 Å². The van der Waals surface area contributed by atoms with Gasteiger partial charge in [0.05, 0.1) is 18.0 Å². The van der Waals surface area contributed by atoms with Crippen molar-refractivity contribution < 1.29 is 36.6 Å². The number of alkyl halides is 3. The van der Waals surface area contributed by atoms with Crippen LogP contribution in [0.4, 0.5) is 22.0 Å². The molecule has 0 bridgehead atoms. The molecule has 3 aromatic rings. The van der Waals surface area contributed by atoms with Crippen molar-refractivity contribution >= 4 is 11.9 Å². The van der Waals surface area contributed by atoms with Gasteiger partial charge in [0.1, 0.15) is 11.9 Å². The second-order valence-electron chi connectivity index (χ2n) is 12.0. The first-order valence-electron chi connectivity index (χ1n) is 14.4. The van der Waals surface area contributed by atoms with Crippen LogP contribution in [-0.2, 0) is 22.2 Å². The van der Waals surface area contributed by atoms with Gasteiger partial charge in [-0.2, -0.15) is 13.2 Å². The van der Waals surface area contributed by atoms with E-state index in [-0.39, 0.29) is 17.9 Å². The summed E-state index contributed by atoms with van der Waals surface area (Å²) in [5, 5.41) is 12.1. The van der Waals surface area contributed by atoms with Crippen molar-refractivity contribution in [1.29, 1.82) is 0 Å². The van der Waals surface area contributed by atoms with Crippen molar-refractivity contribution in [3.05, 3.63) is 92.4 Å². The molecule has 1 heterocycles. The number of nitrogens with zero attached hydrogens (tertiary/aromatic N) is 2. The molecule has 7 nitrogen and oxygen atoms in total. The normalized spacial score (nSPS) is 13.3. The first kappa shape index (κ1) is 35.4. The van der Waals surface area contributed by atoms with Gasteiger partial charge < -0.3 is 19.9 Å². The molecule has 0 saturated carbocycles. The number of carbonyl (C=O) groups is 2. The molecule has 12 heteroatoms. The molecule has 2 aromatic carbocycles. The minimum absolute atomic E-state index is 0.000826. The van der Waals surface area contributed by atoms with E-state index >= 15 is 4.39 Å². The molecule has 1 aromatic heterocycles. The van der Waals surface area contributed by atoms with E-state index in [1.54, 1.807) is 45.9 Å². The molecule has 45 heavy (non-hydrogen) atoms. The van der Waals surface area contributed by atoms with Crippen LogP contribution in [0.5, 0.6) is 0 Å². The fourth-order valence-corrected chi connectivity index (χ4v) is 5.34. The van der Waals surface area contributed by atoms with Crippen LogP contribution in [0.25, 0.3) is 11.1 Å². The van der Waals surface area contributed by atoms with Crippen LogP contribution in [0.2, 0.25) is 0 Å². The number of aliphatic carboxylic acids is 1. The molecule has 2 unspecified atom stereocenters. The molecular weight excluding hydrogens is 597 g/mol. The number of halogens is 5. The Morgan fingerprint density at radius 3 is 2.20 bits per heavy atom. The van der Waals surface area contributed by atoms with E-state index in [4.69, 9.17) is 0 Å². The summed E-state index contributed by atoms with van der Waals surface area (Å²) in [6, 6.07) is 4.79. The lowest BCUT2D eigenvalue weighted by Crippen LogP contribution is -2.41. The lowest BCUT2D eigenvalue weighted by molar-refractivity contribution is -0.140. The molecule has 244 valence electrons. The predicted molar refractivity (Wildman–Crippen MR) is 161 cm³/mol. The lowest BCUT2D eigenvalue weighted by atomic mass is 9.90. The minimum atomic E-state index is -5.14. The van der Waals surface area contributed by atoms with Crippen molar-refractivity contribution in [2.45, 2.75) is 65.2 Å². The van der Waals surface area contributed by atoms with Gasteiger partial charge in [0.25, 0.3) is 5.56 Å². The molecule has 2 N–H and O–H groups in total. The standard InChI is InChI=1S/C33H38F5N3O4/c1-18(2)12-27(41-17-21(10-11-40(5)6)13-25(34)32(41)45)31(44)39-26(16-28(42)43)23-14-22(15-24(30(23)35)33(36,37)38)29-19(3)8-7-9-20(29)4/h7-9,13-15,17-18,26-27H,10-12,16H2,1-6H3,(H,39,44)(H,42,43). The van der Waals surface area contributed by atoms with Gasteiger partial charge in [-0.15, -0.1) is 0 Å². The third-order valence-electron chi connectivity index (χ3n) is 7.48. The maximum Gasteiger partial charge on any atom is 0.419 e.